The SMILES string of the molecule is CCCCc1ccc(C#Cc2ccc(CC3(N(C)c4ccc(F)c(C(=O)OC)c4)CCCC3)cc2)cc1. The standard InChI is InChI=1S/C33H36FNO2/c1-4-5-8-25-9-11-26(12-10-25)13-14-27-15-17-28(18-16-27)24-33(21-6-7-22-33)35(2)29-19-20-31(34)30(23-29)32(36)37-3/h9-12,15-20,23H,4-8,21-22,24H2,1-3H3. The maximum Gasteiger partial charge on any atom is 0.340 e. The number of anilines is 1. The molecule has 37 heavy (non-hydrogen) atoms. The molecule has 1 fully saturated rings. The monoisotopic (exact) mass is 497 g/mol. The van der Waals surface area contributed by atoms with Crippen LogP contribution in [-0.4, -0.2) is 25.7 Å². The Labute approximate surface area is 220 Å². The fraction of sp³-hybridized carbons (Fsp3) is 0.364. The number of unbranched alkanes of at least 4 members (excludes halogenated alkanes) is 1. The van der Waals surface area contributed by atoms with Crippen molar-refractivity contribution in [3.05, 3.63) is 100 Å². The van der Waals surface area contributed by atoms with Gasteiger partial charge in [-0.1, -0.05) is 62.3 Å². The van der Waals surface area contributed by atoms with Gasteiger partial charge in [0.25, 0.3) is 0 Å². The molecule has 0 radical (unpaired) electrons. The van der Waals surface area contributed by atoms with Gasteiger partial charge in [-0.3, -0.25) is 0 Å². The van der Waals surface area contributed by atoms with E-state index in [4.69, 9.17) is 4.74 Å². The van der Waals surface area contributed by atoms with E-state index >= 15 is 0 Å². The number of rotatable bonds is 8. The molecule has 0 heterocycles. The van der Waals surface area contributed by atoms with Gasteiger partial charge in [0.05, 0.1) is 12.7 Å². The molecular weight excluding hydrogens is 461 g/mol. The second-order valence-corrected chi connectivity index (χ2v) is 10.1. The number of benzene rings is 3. The molecule has 0 saturated heterocycles. The highest BCUT2D eigenvalue weighted by atomic mass is 19.1. The van der Waals surface area contributed by atoms with E-state index in [1.165, 1.54) is 37.1 Å². The summed E-state index contributed by atoms with van der Waals surface area (Å²) in [6.07, 6.45) is 8.81. The van der Waals surface area contributed by atoms with E-state index in [0.717, 1.165) is 55.3 Å². The number of hydrogen-bond donors (Lipinski definition) is 0. The lowest BCUT2D eigenvalue weighted by Crippen LogP contribution is -2.46. The summed E-state index contributed by atoms with van der Waals surface area (Å²) in [6, 6.07) is 21.8. The molecule has 0 atom stereocenters. The first-order chi connectivity index (χ1) is 17.9. The number of hydrogen-bond acceptors (Lipinski definition) is 3. The first-order valence-electron chi connectivity index (χ1n) is 13.3. The van der Waals surface area contributed by atoms with Gasteiger partial charge in [0.15, 0.2) is 0 Å². The highest BCUT2D eigenvalue weighted by molar-refractivity contribution is 5.90. The molecule has 0 N–H and O–H groups in total. The quantitative estimate of drug-likeness (QED) is 0.241. The lowest BCUT2D eigenvalue weighted by atomic mass is 9.86. The van der Waals surface area contributed by atoms with E-state index in [9.17, 15) is 9.18 Å². The third-order valence-electron chi connectivity index (χ3n) is 7.60. The minimum absolute atomic E-state index is 0.0291. The van der Waals surface area contributed by atoms with Gasteiger partial charge < -0.3 is 9.64 Å². The number of esters is 1. The summed E-state index contributed by atoms with van der Waals surface area (Å²) in [6.45, 7) is 2.21. The van der Waals surface area contributed by atoms with Crippen LogP contribution in [0.5, 0.6) is 0 Å². The Balaban J connectivity index is 1.48. The minimum atomic E-state index is -0.655. The van der Waals surface area contributed by atoms with Crippen LogP contribution in [0.1, 0.15) is 78.1 Å². The van der Waals surface area contributed by atoms with Gasteiger partial charge in [0.1, 0.15) is 5.82 Å². The molecule has 4 rings (SSSR count). The van der Waals surface area contributed by atoms with Crippen LogP contribution in [-0.2, 0) is 17.6 Å². The Bertz CT molecular complexity index is 1260. The van der Waals surface area contributed by atoms with Crippen LogP contribution < -0.4 is 4.90 Å². The topological polar surface area (TPSA) is 29.5 Å². The lowest BCUT2D eigenvalue weighted by molar-refractivity contribution is 0.0595. The van der Waals surface area contributed by atoms with Crippen molar-refractivity contribution < 1.29 is 13.9 Å². The molecule has 1 aliphatic rings. The molecule has 1 saturated carbocycles. The third kappa shape index (κ3) is 6.41. The van der Waals surface area contributed by atoms with E-state index in [1.54, 1.807) is 12.1 Å². The zero-order valence-corrected chi connectivity index (χ0v) is 22.1. The molecule has 3 aromatic rings. The summed E-state index contributed by atoms with van der Waals surface area (Å²) in [7, 11) is 3.32. The van der Waals surface area contributed by atoms with E-state index in [1.807, 2.05) is 7.05 Å². The average molecular weight is 498 g/mol. The van der Waals surface area contributed by atoms with Gasteiger partial charge in [-0.05, 0) is 85.7 Å². The lowest BCUT2D eigenvalue weighted by Gasteiger charge is -2.41. The molecule has 0 amide bonds. The maximum absolute atomic E-state index is 14.2. The molecule has 0 unspecified atom stereocenters. The summed E-state index contributed by atoms with van der Waals surface area (Å²) in [5.74, 6) is 5.35. The smallest absolute Gasteiger partial charge is 0.340 e. The van der Waals surface area contributed by atoms with E-state index < -0.39 is 11.8 Å². The molecule has 3 aromatic carbocycles. The van der Waals surface area contributed by atoms with Crippen LogP contribution in [0.3, 0.4) is 0 Å². The highest BCUT2D eigenvalue weighted by Gasteiger charge is 2.38. The van der Waals surface area contributed by atoms with Gasteiger partial charge in [-0.15, -0.1) is 0 Å². The Morgan fingerprint density at radius 1 is 0.946 bits per heavy atom. The third-order valence-corrected chi connectivity index (χ3v) is 7.60. The maximum atomic E-state index is 14.2. The van der Waals surface area contributed by atoms with Crippen molar-refractivity contribution in [2.24, 2.45) is 0 Å². The zero-order valence-electron chi connectivity index (χ0n) is 22.1. The van der Waals surface area contributed by atoms with Crippen LogP contribution in [0.15, 0.2) is 66.7 Å². The Morgan fingerprint density at radius 3 is 2.11 bits per heavy atom. The van der Waals surface area contributed by atoms with Crippen molar-refractivity contribution in [1.29, 1.82) is 0 Å². The predicted molar refractivity (Wildman–Crippen MR) is 149 cm³/mol. The summed E-state index contributed by atoms with van der Waals surface area (Å²) >= 11 is 0. The zero-order chi connectivity index (χ0) is 26.3. The molecule has 3 nitrogen and oxygen atoms in total. The van der Waals surface area contributed by atoms with Gasteiger partial charge in [-0.2, -0.15) is 0 Å². The molecule has 0 aromatic heterocycles. The van der Waals surface area contributed by atoms with Crippen molar-refractivity contribution >= 4 is 11.7 Å². The number of halogens is 1. The molecule has 0 spiro atoms. The number of aryl methyl sites for hydroxylation is 1. The molecule has 4 heteroatoms. The van der Waals surface area contributed by atoms with E-state index in [0.29, 0.717) is 0 Å². The second kappa shape index (κ2) is 12.1. The summed E-state index contributed by atoms with van der Waals surface area (Å²) in [4.78, 5) is 14.3. The van der Waals surface area contributed by atoms with Crippen molar-refractivity contribution in [2.45, 2.75) is 63.8 Å². The number of carbonyl (C=O) groups is 1. The molecule has 1 aliphatic carbocycles. The first kappa shape index (κ1) is 26.5. The predicted octanol–water partition coefficient (Wildman–Crippen LogP) is 7.35. The Morgan fingerprint density at radius 2 is 1.54 bits per heavy atom. The van der Waals surface area contributed by atoms with Crippen LogP contribution in [0.2, 0.25) is 0 Å². The number of ether oxygens (including phenoxy) is 1. The van der Waals surface area contributed by atoms with Gasteiger partial charge in [0, 0.05) is 29.4 Å². The van der Waals surface area contributed by atoms with Crippen molar-refractivity contribution in [3.8, 4) is 11.8 Å². The molecule has 0 aliphatic heterocycles. The molecule has 192 valence electrons. The van der Waals surface area contributed by atoms with Gasteiger partial charge in [-0.25, -0.2) is 9.18 Å². The number of likely N-dealkylation sites (N-methyl/N-ethyl adjacent to an activating group) is 1. The summed E-state index contributed by atoms with van der Waals surface area (Å²) in [5, 5.41) is 0. The van der Waals surface area contributed by atoms with E-state index in [-0.39, 0.29) is 11.1 Å². The fourth-order valence-corrected chi connectivity index (χ4v) is 5.29. The fourth-order valence-electron chi connectivity index (χ4n) is 5.29. The van der Waals surface area contributed by atoms with Gasteiger partial charge in [0.2, 0.25) is 0 Å². The summed E-state index contributed by atoms with van der Waals surface area (Å²) < 4.78 is 19.0. The number of methoxy groups -OCH3 is 1. The number of carbonyl (C=O) groups excluding carboxylic acids is 1. The van der Waals surface area contributed by atoms with Crippen LogP contribution >= 0.6 is 0 Å². The van der Waals surface area contributed by atoms with Crippen LogP contribution in [0.4, 0.5) is 10.1 Å². The minimum Gasteiger partial charge on any atom is -0.465 e. The average Bonchev–Trinajstić information content (AvgIpc) is 3.41. The van der Waals surface area contributed by atoms with Crippen molar-refractivity contribution in [1.82, 2.24) is 0 Å². The van der Waals surface area contributed by atoms with Crippen molar-refractivity contribution in [3.63, 3.8) is 0 Å². The normalized spacial score (nSPS) is 14.1. The Hall–Kier alpha value is -3.58. The van der Waals surface area contributed by atoms with E-state index in [2.05, 4.69) is 72.2 Å². The molecular formula is C33H36FNO2. The highest BCUT2D eigenvalue weighted by Crippen LogP contribution is 2.40. The van der Waals surface area contributed by atoms with Crippen LogP contribution in [0, 0.1) is 17.7 Å². The van der Waals surface area contributed by atoms with Gasteiger partial charge >= 0.3 is 5.97 Å². The Kier molecular flexibility index (Phi) is 8.66. The van der Waals surface area contributed by atoms with Crippen LogP contribution in [0.25, 0.3) is 0 Å². The largest absolute Gasteiger partial charge is 0.465 e. The summed E-state index contributed by atoms with van der Waals surface area (Å²) in [5.41, 5.74) is 5.35. The van der Waals surface area contributed by atoms with Crippen molar-refractivity contribution in [2.75, 3.05) is 19.1 Å². The molecule has 0 bridgehead atoms. The first-order valence-corrected chi connectivity index (χ1v) is 13.3. The number of nitrogens with zero attached hydrogens (tertiary/aromatic N) is 1. The second-order valence-electron chi connectivity index (χ2n) is 10.1.